The lowest BCUT2D eigenvalue weighted by atomic mass is 9.94. The van der Waals surface area contributed by atoms with E-state index in [0.29, 0.717) is 5.75 Å². The van der Waals surface area contributed by atoms with Crippen molar-refractivity contribution in [3.05, 3.63) is 24.3 Å². The Morgan fingerprint density at radius 1 is 0.550 bits per heavy atom. The van der Waals surface area contributed by atoms with Crippen LogP contribution in [0.3, 0.4) is 0 Å². The number of hydrogen-bond donors (Lipinski definition) is 13. The zero-order valence-electron chi connectivity index (χ0n) is 32.3. The molecular formula is C35H52N2O23. The summed E-state index contributed by atoms with van der Waals surface area (Å²) in [4.78, 5) is 37.6. The number of amides is 2. The highest BCUT2D eigenvalue weighted by atomic mass is 16.8. The molecule has 0 unspecified atom stereocenters. The van der Waals surface area contributed by atoms with E-state index in [4.69, 9.17) is 42.6 Å². The zero-order valence-corrected chi connectivity index (χ0v) is 32.3. The van der Waals surface area contributed by atoms with Gasteiger partial charge in [-0.25, -0.2) is 4.79 Å². The number of aliphatic hydroxyl groups is 10. The van der Waals surface area contributed by atoms with Crippen LogP contribution in [0.15, 0.2) is 24.3 Å². The number of nitrogens with one attached hydrogen (secondary N) is 2. The third kappa shape index (κ3) is 10.4. The summed E-state index contributed by atoms with van der Waals surface area (Å²) < 4.78 is 51.7. The van der Waals surface area contributed by atoms with Gasteiger partial charge in [0.05, 0.1) is 26.9 Å². The molecule has 60 heavy (non-hydrogen) atoms. The largest absolute Gasteiger partial charge is 0.497 e. The fourth-order valence-electron chi connectivity index (χ4n) is 7.17. The van der Waals surface area contributed by atoms with Crippen LogP contribution in [0.2, 0.25) is 0 Å². The van der Waals surface area contributed by atoms with E-state index in [1.165, 1.54) is 31.4 Å². The molecule has 0 spiro atoms. The maximum absolute atomic E-state index is 12.9. The summed E-state index contributed by atoms with van der Waals surface area (Å²) in [5.41, 5.74) is 0. The number of methoxy groups -OCH3 is 1. The molecule has 0 radical (unpaired) electrons. The minimum absolute atomic E-state index is 0.0195. The SMILES string of the molecule is COc1ccc(O[C@@H]2O[C@H](C(=O)O)[C@@H](O[C@@H]3O[C@H](CO)[C@@H](O)[C@H](O[C@@H]4O[C@H](CO)[C@H](O)[C@H](O)[C@H]4O)[C@H]3NC(C)=O)[C@H](O)[C@H]2O[C@@H]2O[C@H](CO)[C@@H](O)[C@H](O)[C@H]2NC(C)=O)cc1. The van der Waals surface area contributed by atoms with Gasteiger partial charge < -0.3 is 109 Å². The Balaban J connectivity index is 1.52. The number of benzene rings is 1. The first-order chi connectivity index (χ1) is 28.4. The summed E-state index contributed by atoms with van der Waals surface area (Å²) in [7, 11) is 1.40. The van der Waals surface area contributed by atoms with Crippen molar-refractivity contribution < 1.29 is 113 Å². The van der Waals surface area contributed by atoms with Crippen LogP contribution in [-0.2, 0) is 47.5 Å². The summed E-state index contributed by atoms with van der Waals surface area (Å²) in [6, 6.07) is 2.43. The van der Waals surface area contributed by atoms with Crippen LogP contribution in [-0.4, -0.2) is 224 Å². The molecule has 0 bridgehead atoms. The average Bonchev–Trinajstić information content (AvgIpc) is 3.21. The topological polar surface area (TPSA) is 381 Å². The van der Waals surface area contributed by atoms with Crippen LogP contribution in [0.1, 0.15) is 13.8 Å². The summed E-state index contributed by atoms with van der Waals surface area (Å²) in [5.74, 6) is -2.90. The van der Waals surface area contributed by atoms with Gasteiger partial charge in [-0.1, -0.05) is 0 Å². The monoisotopic (exact) mass is 868 g/mol. The number of hydrogen-bond acceptors (Lipinski definition) is 22. The number of aliphatic carboxylic acids is 1. The molecule has 0 saturated carbocycles. The first-order valence-corrected chi connectivity index (χ1v) is 18.7. The van der Waals surface area contributed by atoms with E-state index in [0.717, 1.165) is 13.8 Å². The van der Waals surface area contributed by atoms with E-state index < -0.39 is 160 Å². The third-order valence-electron chi connectivity index (χ3n) is 10.3. The lowest BCUT2D eigenvalue weighted by Crippen LogP contribution is -2.71. The normalized spacial score (nSPS) is 42.1. The molecule has 4 aliphatic rings. The molecule has 25 heteroatoms. The van der Waals surface area contributed by atoms with E-state index in [1.54, 1.807) is 0 Å². The van der Waals surface area contributed by atoms with Gasteiger partial charge in [0.15, 0.2) is 31.1 Å². The highest BCUT2D eigenvalue weighted by Crippen LogP contribution is 2.36. The van der Waals surface area contributed by atoms with Gasteiger partial charge in [-0.15, -0.1) is 0 Å². The quantitative estimate of drug-likeness (QED) is 0.0779. The van der Waals surface area contributed by atoms with Gasteiger partial charge in [-0.05, 0) is 24.3 Å². The molecule has 20 atom stereocenters. The van der Waals surface area contributed by atoms with Crippen molar-refractivity contribution in [2.45, 2.75) is 137 Å². The lowest BCUT2D eigenvalue weighted by molar-refractivity contribution is -0.371. The molecule has 0 aliphatic carbocycles. The van der Waals surface area contributed by atoms with Gasteiger partial charge in [-0.3, -0.25) is 9.59 Å². The molecular weight excluding hydrogens is 816 g/mol. The van der Waals surface area contributed by atoms with Crippen LogP contribution < -0.4 is 20.1 Å². The van der Waals surface area contributed by atoms with Crippen LogP contribution in [0.25, 0.3) is 0 Å². The fraction of sp³-hybridized carbons (Fsp3) is 0.743. The van der Waals surface area contributed by atoms with Crippen molar-refractivity contribution >= 4 is 17.8 Å². The number of carbonyl (C=O) groups is 3. The Bertz CT molecular complexity index is 1580. The third-order valence-corrected chi connectivity index (χ3v) is 10.3. The second-order valence-electron chi connectivity index (χ2n) is 14.4. The van der Waals surface area contributed by atoms with E-state index in [2.05, 4.69) is 10.6 Å². The molecule has 4 saturated heterocycles. The van der Waals surface area contributed by atoms with Crippen LogP contribution in [0.4, 0.5) is 0 Å². The maximum Gasteiger partial charge on any atom is 0.335 e. The van der Waals surface area contributed by atoms with Gasteiger partial charge in [0.2, 0.25) is 18.1 Å². The number of carbonyl (C=O) groups excluding carboxylic acids is 2. The summed E-state index contributed by atoms with van der Waals surface area (Å²) in [6.45, 7) is -0.592. The highest BCUT2D eigenvalue weighted by molar-refractivity contribution is 5.74. The van der Waals surface area contributed by atoms with E-state index >= 15 is 0 Å². The number of carboxylic acids is 1. The van der Waals surface area contributed by atoms with Crippen molar-refractivity contribution in [3.8, 4) is 11.5 Å². The van der Waals surface area contributed by atoms with Crippen LogP contribution >= 0.6 is 0 Å². The molecule has 2 amide bonds. The summed E-state index contributed by atoms with van der Waals surface area (Å²) in [5, 5.41) is 121. The van der Waals surface area contributed by atoms with E-state index in [9.17, 15) is 70.6 Å². The van der Waals surface area contributed by atoms with Gasteiger partial charge in [-0.2, -0.15) is 0 Å². The van der Waals surface area contributed by atoms with Gasteiger partial charge >= 0.3 is 5.97 Å². The van der Waals surface area contributed by atoms with Crippen LogP contribution in [0, 0.1) is 0 Å². The first kappa shape index (κ1) is 47.6. The van der Waals surface area contributed by atoms with E-state index in [1.807, 2.05) is 0 Å². The molecule has 1 aromatic carbocycles. The second kappa shape index (κ2) is 20.6. The number of ether oxygens (including phenoxy) is 9. The zero-order chi connectivity index (χ0) is 44.2. The Kier molecular flexibility index (Phi) is 16.4. The Morgan fingerprint density at radius 2 is 1.02 bits per heavy atom. The van der Waals surface area contributed by atoms with Gasteiger partial charge in [0.1, 0.15) is 96.8 Å². The Hall–Kier alpha value is -3.45. The minimum atomic E-state index is -2.20. The van der Waals surface area contributed by atoms with Crippen molar-refractivity contribution in [3.63, 3.8) is 0 Å². The second-order valence-corrected chi connectivity index (χ2v) is 14.4. The molecule has 25 nitrogen and oxygen atoms in total. The van der Waals surface area contributed by atoms with Crippen molar-refractivity contribution in [1.82, 2.24) is 10.6 Å². The number of carboxylic acid groups (broad SMARTS) is 1. The molecule has 4 heterocycles. The predicted molar refractivity (Wildman–Crippen MR) is 189 cm³/mol. The summed E-state index contributed by atoms with van der Waals surface area (Å²) >= 11 is 0. The van der Waals surface area contributed by atoms with Crippen molar-refractivity contribution in [2.24, 2.45) is 0 Å². The molecule has 13 N–H and O–H groups in total. The lowest BCUT2D eigenvalue weighted by Gasteiger charge is -2.50. The number of aliphatic hydroxyl groups excluding tert-OH is 10. The molecule has 340 valence electrons. The van der Waals surface area contributed by atoms with Crippen molar-refractivity contribution in [1.29, 1.82) is 0 Å². The molecule has 5 rings (SSSR count). The van der Waals surface area contributed by atoms with Gasteiger partial charge in [0.25, 0.3) is 0 Å². The van der Waals surface area contributed by atoms with E-state index in [-0.39, 0.29) is 5.75 Å². The van der Waals surface area contributed by atoms with Gasteiger partial charge in [0, 0.05) is 13.8 Å². The minimum Gasteiger partial charge on any atom is -0.497 e. The molecule has 4 aliphatic heterocycles. The molecule has 0 aromatic heterocycles. The predicted octanol–water partition coefficient (Wildman–Crippen LogP) is -7.27. The van der Waals surface area contributed by atoms with Crippen molar-refractivity contribution in [2.75, 3.05) is 26.9 Å². The number of rotatable bonds is 15. The molecule has 1 aromatic rings. The summed E-state index contributed by atoms with van der Waals surface area (Å²) in [6.07, 6.45) is -33.7. The Morgan fingerprint density at radius 3 is 1.55 bits per heavy atom. The maximum atomic E-state index is 12.9. The first-order valence-electron chi connectivity index (χ1n) is 18.7. The molecule has 4 fully saturated rings. The Labute approximate surface area is 340 Å². The average molecular weight is 869 g/mol. The highest BCUT2D eigenvalue weighted by Gasteiger charge is 2.58. The van der Waals surface area contributed by atoms with Crippen LogP contribution in [0.5, 0.6) is 11.5 Å². The standard InChI is InChI=1S/C35H52N2O23/c1-11(41)36-18-23(46)20(43)15(8-38)54-32(18)59-29-26(49)28(30(31(50)51)60-35(29)53-14-6-4-13(52-3)5-7-14)58-33-19(37-12(2)42)27(22(45)17(10-40)55-33)57-34-25(48)24(47)21(44)16(9-39)56-34/h4-7,15-30,32-35,38-40,43-49H,8-10H2,1-3H3,(H,36,41)(H,37,42)(H,50,51)/t15-,16-,17-,18-,19-,20-,21+,22-,23-,24+,25-,26+,27-,28+,29-,30+,32+,33+,34+,35-/m1/s1. The smallest absolute Gasteiger partial charge is 0.335 e. The fourth-order valence-corrected chi connectivity index (χ4v) is 7.17.